The molecule has 0 unspecified atom stereocenters. The van der Waals surface area contributed by atoms with Gasteiger partial charge in [-0.2, -0.15) is 0 Å². The van der Waals surface area contributed by atoms with E-state index in [0.717, 1.165) is 56.4 Å². The topological polar surface area (TPSA) is 66.4 Å². The van der Waals surface area contributed by atoms with Gasteiger partial charge in [-0.3, -0.25) is 0 Å². The molecule has 1 saturated heterocycles. The van der Waals surface area contributed by atoms with Crippen LogP contribution in [0.3, 0.4) is 0 Å². The number of halogens is 1. The molecule has 1 aliphatic heterocycles. The van der Waals surface area contributed by atoms with Gasteiger partial charge >= 0.3 is 0 Å². The molecule has 0 atom stereocenters. The molecule has 0 N–H and O–H groups in total. The monoisotopic (exact) mass is 464 g/mol. The van der Waals surface area contributed by atoms with Crippen molar-refractivity contribution >= 4 is 74.8 Å². The molecule has 6 nitrogen and oxygen atoms in total. The van der Waals surface area contributed by atoms with Gasteiger partial charge in [0.25, 0.3) is 0 Å². The predicted molar refractivity (Wildman–Crippen MR) is 122 cm³/mol. The Labute approximate surface area is 181 Å². The van der Waals surface area contributed by atoms with Gasteiger partial charge in [0.15, 0.2) is 20.1 Å². The fourth-order valence-electron chi connectivity index (χ4n) is 3.46. The van der Waals surface area contributed by atoms with Gasteiger partial charge in [-0.1, -0.05) is 40.3 Å². The van der Waals surface area contributed by atoms with Crippen molar-refractivity contribution in [2.45, 2.75) is 4.90 Å². The second-order valence-corrected chi connectivity index (χ2v) is 11.4. The minimum atomic E-state index is -3.31. The van der Waals surface area contributed by atoms with Crippen LogP contribution >= 0.6 is 34.3 Å². The molecule has 2 aromatic carbocycles. The summed E-state index contributed by atoms with van der Waals surface area (Å²) in [5.74, 6) is 0. The van der Waals surface area contributed by atoms with Gasteiger partial charge in [0.1, 0.15) is 5.52 Å². The Morgan fingerprint density at radius 1 is 0.931 bits per heavy atom. The molecule has 5 rings (SSSR count). The Hall–Kier alpha value is -1.94. The zero-order valence-corrected chi connectivity index (χ0v) is 18.7. The standard InChI is InChI=1S/C19H17ClN4O2S3/c1-29(25,26)16-4-2-3-14-17(16)22-19(27-14)24-9-7-23(8-10-24)18-21-13-6-5-12(20)11-15(13)28-18/h2-6,11H,7-10H2,1H3. The second kappa shape index (κ2) is 7.09. The van der Waals surface area contributed by atoms with E-state index in [4.69, 9.17) is 16.6 Å². The van der Waals surface area contributed by atoms with Crippen molar-refractivity contribution in [1.82, 2.24) is 9.97 Å². The van der Waals surface area contributed by atoms with Crippen molar-refractivity contribution in [3.8, 4) is 0 Å². The third kappa shape index (κ3) is 3.56. The highest BCUT2D eigenvalue weighted by Gasteiger charge is 2.23. The summed E-state index contributed by atoms with van der Waals surface area (Å²) >= 11 is 9.28. The van der Waals surface area contributed by atoms with Gasteiger partial charge in [-0.25, -0.2) is 18.4 Å². The SMILES string of the molecule is CS(=O)(=O)c1cccc2sc(N3CCN(c4nc5ccc(Cl)cc5s4)CC3)nc12. The summed E-state index contributed by atoms with van der Waals surface area (Å²) in [5.41, 5.74) is 1.54. The zero-order valence-electron chi connectivity index (χ0n) is 15.5. The number of para-hydroxylation sites is 1. The molecule has 0 saturated carbocycles. The molecule has 29 heavy (non-hydrogen) atoms. The lowest BCUT2D eigenvalue weighted by Crippen LogP contribution is -2.46. The maximum absolute atomic E-state index is 12.1. The van der Waals surface area contributed by atoms with E-state index in [1.54, 1.807) is 34.8 Å². The summed E-state index contributed by atoms with van der Waals surface area (Å²) in [4.78, 5) is 14.2. The van der Waals surface area contributed by atoms with Crippen molar-refractivity contribution < 1.29 is 8.42 Å². The first kappa shape index (κ1) is 19.0. The van der Waals surface area contributed by atoms with Crippen molar-refractivity contribution in [3.63, 3.8) is 0 Å². The Morgan fingerprint density at radius 2 is 1.59 bits per heavy atom. The summed E-state index contributed by atoms with van der Waals surface area (Å²) in [6.07, 6.45) is 1.23. The minimum Gasteiger partial charge on any atom is -0.345 e. The van der Waals surface area contributed by atoms with E-state index < -0.39 is 9.84 Å². The molecule has 10 heteroatoms. The highest BCUT2D eigenvalue weighted by atomic mass is 35.5. The number of anilines is 2. The number of rotatable bonds is 3. The van der Waals surface area contributed by atoms with E-state index in [0.29, 0.717) is 10.4 Å². The van der Waals surface area contributed by atoms with Gasteiger partial charge in [-0.05, 0) is 30.3 Å². The lowest BCUT2D eigenvalue weighted by atomic mass is 10.3. The van der Waals surface area contributed by atoms with E-state index in [1.165, 1.54) is 6.26 Å². The average molecular weight is 465 g/mol. The highest BCUT2D eigenvalue weighted by Crippen LogP contribution is 2.35. The molecule has 3 heterocycles. The number of aromatic nitrogens is 2. The maximum Gasteiger partial charge on any atom is 0.186 e. The van der Waals surface area contributed by atoms with E-state index >= 15 is 0 Å². The fraction of sp³-hybridized carbons (Fsp3) is 0.263. The molecule has 0 aliphatic carbocycles. The maximum atomic E-state index is 12.1. The van der Waals surface area contributed by atoms with Crippen LogP contribution in [-0.2, 0) is 9.84 Å². The van der Waals surface area contributed by atoms with Crippen LogP contribution in [0.4, 0.5) is 10.3 Å². The Bertz CT molecular complexity index is 1320. The normalized spacial score (nSPS) is 15.5. The van der Waals surface area contributed by atoms with E-state index in [1.807, 2.05) is 24.3 Å². The third-order valence-corrected chi connectivity index (χ3v) is 8.45. The number of piperazine rings is 1. The van der Waals surface area contributed by atoms with Crippen LogP contribution in [-0.4, -0.2) is 50.8 Å². The fourth-order valence-corrected chi connectivity index (χ4v) is 6.69. The molecule has 0 radical (unpaired) electrons. The molecule has 1 fully saturated rings. The number of thiazole rings is 2. The molecule has 0 bridgehead atoms. The van der Waals surface area contributed by atoms with E-state index in [2.05, 4.69) is 14.8 Å². The zero-order chi connectivity index (χ0) is 20.2. The number of hydrogen-bond acceptors (Lipinski definition) is 8. The third-order valence-electron chi connectivity index (χ3n) is 4.93. The van der Waals surface area contributed by atoms with Crippen LogP contribution in [0.5, 0.6) is 0 Å². The van der Waals surface area contributed by atoms with Crippen molar-refractivity contribution in [2.75, 3.05) is 42.2 Å². The number of benzene rings is 2. The van der Waals surface area contributed by atoms with Gasteiger partial charge in [0, 0.05) is 37.5 Å². The number of nitrogens with zero attached hydrogens (tertiary/aromatic N) is 4. The first-order valence-electron chi connectivity index (χ1n) is 9.04. The Kier molecular flexibility index (Phi) is 4.65. The Morgan fingerprint density at radius 3 is 2.28 bits per heavy atom. The molecular weight excluding hydrogens is 448 g/mol. The molecule has 4 aromatic rings. The first-order valence-corrected chi connectivity index (χ1v) is 12.9. The Balaban J connectivity index is 1.37. The molecule has 0 spiro atoms. The van der Waals surface area contributed by atoms with Gasteiger partial charge < -0.3 is 9.80 Å². The van der Waals surface area contributed by atoms with Gasteiger partial charge in [0.05, 0.1) is 19.8 Å². The average Bonchev–Trinajstić information content (AvgIpc) is 3.30. The van der Waals surface area contributed by atoms with E-state index in [9.17, 15) is 8.42 Å². The summed E-state index contributed by atoms with van der Waals surface area (Å²) in [7, 11) is -3.31. The van der Waals surface area contributed by atoms with Gasteiger partial charge in [0.2, 0.25) is 0 Å². The molecule has 1 aliphatic rings. The minimum absolute atomic E-state index is 0.296. The van der Waals surface area contributed by atoms with Crippen molar-refractivity contribution in [1.29, 1.82) is 0 Å². The van der Waals surface area contributed by atoms with Crippen LogP contribution < -0.4 is 9.80 Å². The quantitative estimate of drug-likeness (QED) is 0.450. The number of sulfone groups is 1. The van der Waals surface area contributed by atoms with Crippen LogP contribution in [0.25, 0.3) is 20.4 Å². The summed E-state index contributed by atoms with van der Waals surface area (Å²) < 4.78 is 26.1. The molecule has 150 valence electrons. The molecule has 2 aromatic heterocycles. The largest absolute Gasteiger partial charge is 0.345 e. The smallest absolute Gasteiger partial charge is 0.186 e. The van der Waals surface area contributed by atoms with Crippen molar-refractivity contribution in [3.05, 3.63) is 41.4 Å². The summed E-state index contributed by atoms with van der Waals surface area (Å²) in [5, 5.41) is 2.60. The van der Waals surface area contributed by atoms with Crippen LogP contribution in [0.1, 0.15) is 0 Å². The van der Waals surface area contributed by atoms with Crippen LogP contribution in [0.2, 0.25) is 5.02 Å². The second-order valence-electron chi connectivity index (χ2n) is 6.95. The predicted octanol–water partition coefficient (Wildman–Crippen LogP) is 4.29. The molecule has 0 amide bonds. The van der Waals surface area contributed by atoms with Crippen LogP contribution in [0, 0.1) is 0 Å². The summed E-state index contributed by atoms with van der Waals surface area (Å²) in [6.45, 7) is 3.29. The highest BCUT2D eigenvalue weighted by molar-refractivity contribution is 7.91. The number of fused-ring (bicyclic) bond motifs is 2. The van der Waals surface area contributed by atoms with Crippen LogP contribution in [0.15, 0.2) is 41.3 Å². The summed E-state index contributed by atoms with van der Waals surface area (Å²) in [6, 6.07) is 11.1. The lowest BCUT2D eigenvalue weighted by Gasteiger charge is -2.34. The molecular formula is C19H17ClN4O2S3. The number of hydrogen-bond donors (Lipinski definition) is 0. The first-order chi connectivity index (χ1) is 13.9. The van der Waals surface area contributed by atoms with Gasteiger partial charge in [-0.15, -0.1) is 0 Å². The van der Waals surface area contributed by atoms with Crippen molar-refractivity contribution in [2.24, 2.45) is 0 Å². The lowest BCUT2D eigenvalue weighted by molar-refractivity contribution is 0.602. The van der Waals surface area contributed by atoms with E-state index in [-0.39, 0.29) is 0 Å².